The van der Waals surface area contributed by atoms with Crippen LogP contribution in [-0.2, 0) is 0 Å². The van der Waals surface area contributed by atoms with E-state index in [0.29, 0.717) is 0 Å². The van der Waals surface area contributed by atoms with Crippen LogP contribution in [-0.4, -0.2) is 8.07 Å². The summed E-state index contributed by atoms with van der Waals surface area (Å²) < 4.78 is 0. The normalized spacial score (nSPS) is 12.5. The molecule has 18 heavy (non-hydrogen) atoms. The molecule has 0 atom stereocenters. The van der Waals surface area contributed by atoms with E-state index in [1.54, 1.807) is 0 Å². The Morgan fingerprint density at radius 1 is 0.889 bits per heavy atom. The lowest BCUT2D eigenvalue weighted by atomic mass is 10.00. The van der Waals surface area contributed by atoms with Crippen molar-refractivity contribution < 1.29 is 0 Å². The van der Waals surface area contributed by atoms with Crippen molar-refractivity contribution in [2.24, 2.45) is 0 Å². The Balaban J connectivity index is 2.61. The number of hydrogen-bond acceptors (Lipinski definition) is 0. The van der Waals surface area contributed by atoms with Crippen molar-refractivity contribution in [3.8, 4) is 0 Å². The molecule has 0 fully saturated rings. The molecule has 0 spiro atoms. The molecule has 0 aliphatic carbocycles. The summed E-state index contributed by atoms with van der Waals surface area (Å²) in [5, 5.41) is 2.71. The Morgan fingerprint density at radius 3 is 2.28 bits per heavy atom. The zero-order valence-corrected chi connectivity index (χ0v) is 13.0. The molecule has 0 N–H and O–H groups in total. The summed E-state index contributed by atoms with van der Waals surface area (Å²) >= 11 is 0. The van der Waals surface area contributed by atoms with E-state index in [2.05, 4.69) is 75.6 Å². The molecule has 2 rings (SSSR count). The van der Waals surface area contributed by atoms with Gasteiger partial charge in [-0.05, 0) is 35.7 Å². The minimum atomic E-state index is -1.14. The van der Waals surface area contributed by atoms with Crippen molar-refractivity contribution in [1.29, 1.82) is 0 Å². The molecule has 2 aromatic carbocycles. The van der Waals surface area contributed by atoms with Crippen LogP contribution in [0.25, 0.3) is 16.8 Å². The molecule has 0 radical (unpaired) electrons. The molecular formula is C17H22Si. The first kappa shape index (κ1) is 13.1. The number of aryl methyl sites for hydroxylation is 2. The lowest BCUT2D eigenvalue weighted by Crippen LogP contribution is -2.15. The van der Waals surface area contributed by atoms with E-state index in [0.717, 1.165) is 0 Å². The molecule has 2 aromatic rings. The Hall–Kier alpha value is -1.34. The van der Waals surface area contributed by atoms with Gasteiger partial charge in [-0.1, -0.05) is 67.3 Å². The average molecular weight is 254 g/mol. The van der Waals surface area contributed by atoms with Crippen LogP contribution in [0.3, 0.4) is 0 Å². The van der Waals surface area contributed by atoms with E-state index in [-0.39, 0.29) is 0 Å². The maximum absolute atomic E-state index is 2.42. The maximum atomic E-state index is 2.42. The van der Waals surface area contributed by atoms with Crippen LogP contribution in [0.1, 0.15) is 16.7 Å². The molecule has 0 amide bonds. The van der Waals surface area contributed by atoms with Crippen LogP contribution in [0.15, 0.2) is 36.0 Å². The Kier molecular flexibility index (Phi) is 3.44. The standard InChI is InChI=1S/C17H22Si/c1-13-6-7-15-10-14(2)11-16(17(15)12-13)8-9-18(3,4)5/h6-12H,1-5H3/b9-8+. The van der Waals surface area contributed by atoms with E-state index in [1.807, 2.05) is 0 Å². The summed E-state index contributed by atoms with van der Waals surface area (Å²) in [6.07, 6.45) is 2.32. The summed E-state index contributed by atoms with van der Waals surface area (Å²) in [7, 11) is -1.14. The lowest BCUT2D eigenvalue weighted by molar-refractivity contribution is 1.46. The van der Waals surface area contributed by atoms with E-state index < -0.39 is 8.07 Å². The molecule has 0 saturated heterocycles. The van der Waals surface area contributed by atoms with Crippen LogP contribution >= 0.6 is 0 Å². The Morgan fingerprint density at radius 2 is 1.61 bits per heavy atom. The quantitative estimate of drug-likeness (QED) is 0.634. The number of hydrogen-bond donors (Lipinski definition) is 0. The molecule has 0 nitrogen and oxygen atoms in total. The number of benzene rings is 2. The van der Waals surface area contributed by atoms with Gasteiger partial charge in [-0.15, -0.1) is 0 Å². The first-order valence-electron chi connectivity index (χ1n) is 6.55. The smallest absolute Gasteiger partial charge is 0.0687 e. The Bertz CT molecular complexity index is 601. The van der Waals surface area contributed by atoms with Crippen molar-refractivity contribution in [2.75, 3.05) is 0 Å². The number of rotatable bonds is 2. The van der Waals surface area contributed by atoms with E-state index in [1.165, 1.54) is 27.5 Å². The second kappa shape index (κ2) is 4.73. The molecule has 0 aromatic heterocycles. The van der Waals surface area contributed by atoms with Gasteiger partial charge in [0.2, 0.25) is 0 Å². The van der Waals surface area contributed by atoms with Crippen molar-refractivity contribution in [3.63, 3.8) is 0 Å². The molecule has 0 bridgehead atoms. The summed E-state index contributed by atoms with van der Waals surface area (Å²) in [5.74, 6) is 0. The minimum absolute atomic E-state index is 1.14. The predicted octanol–water partition coefficient (Wildman–Crippen LogP) is 5.35. The van der Waals surface area contributed by atoms with E-state index in [9.17, 15) is 0 Å². The largest absolute Gasteiger partial charge is 0.0944 e. The highest BCUT2D eigenvalue weighted by Gasteiger charge is 2.08. The van der Waals surface area contributed by atoms with Gasteiger partial charge < -0.3 is 0 Å². The molecule has 94 valence electrons. The van der Waals surface area contributed by atoms with Gasteiger partial charge in [0.1, 0.15) is 0 Å². The highest BCUT2D eigenvalue weighted by atomic mass is 28.3. The fraction of sp³-hybridized carbons (Fsp3) is 0.294. The molecule has 0 saturated carbocycles. The van der Waals surface area contributed by atoms with Crippen LogP contribution in [0, 0.1) is 13.8 Å². The van der Waals surface area contributed by atoms with Gasteiger partial charge in [-0.25, -0.2) is 0 Å². The Labute approximate surface area is 111 Å². The topological polar surface area (TPSA) is 0 Å². The van der Waals surface area contributed by atoms with E-state index in [4.69, 9.17) is 0 Å². The van der Waals surface area contributed by atoms with Gasteiger partial charge in [0.15, 0.2) is 0 Å². The van der Waals surface area contributed by atoms with Gasteiger partial charge >= 0.3 is 0 Å². The van der Waals surface area contributed by atoms with Crippen molar-refractivity contribution >= 4 is 24.9 Å². The first-order valence-corrected chi connectivity index (χ1v) is 10.1. The zero-order chi connectivity index (χ0) is 13.3. The predicted molar refractivity (Wildman–Crippen MR) is 85.8 cm³/mol. The van der Waals surface area contributed by atoms with Gasteiger partial charge in [0.25, 0.3) is 0 Å². The average Bonchev–Trinajstić information content (AvgIpc) is 2.25. The highest BCUT2D eigenvalue weighted by molar-refractivity contribution is 6.81. The molecule has 1 heteroatoms. The van der Waals surface area contributed by atoms with Gasteiger partial charge in [0.05, 0.1) is 8.07 Å². The second-order valence-electron chi connectivity index (χ2n) is 6.28. The molecule has 0 aliphatic heterocycles. The van der Waals surface area contributed by atoms with E-state index >= 15 is 0 Å². The fourth-order valence-corrected chi connectivity index (χ4v) is 2.81. The van der Waals surface area contributed by atoms with Gasteiger partial charge in [0, 0.05) is 0 Å². The SMILES string of the molecule is Cc1cc(/C=C/[Si](C)(C)C)c2cc(C)ccc2c1. The van der Waals surface area contributed by atoms with Crippen LogP contribution in [0.5, 0.6) is 0 Å². The third kappa shape index (κ3) is 3.11. The summed E-state index contributed by atoms with van der Waals surface area (Å²) in [4.78, 5) is 0. The summed E-state index contributed by atoms with van der Waals surface area (Å²) in [6.45, 7) is 11.4. The van der Waals surface area contributed by atoms with Crippen molar-refractivity contribution in [2.45, 2.75) is 33.5 Å². The summed E-state index contributed by atoms with van der Waals surface area (Å²) in [6, 6.07) is 11.3. The van der Waals surface area contributed by atoms with Crippen LogP contribution in [0.4, 0.5) is 0 Å². The lowest BCUT2D eigenvalue weighted by Gasteiger charge is -2.10. The van der Waals surface area contributed by atoms with Gasteiger partial charge in [-0.3, -0.25) is 0 Å². The molecular weight excluding hydrogens is 232 g/mol. The molecule has 0 heterocycles. The molecule has 0 aliphatic rings. The number of fused-ring (bicyclic) bond motifs is 1. The fourth-order valence-electron chi connectivity index (χ4n) is 2.13. The van der Waals surface area contributed by atoms with Crippen molar-refractivity contribution in [1.82, 2.24) is 0 Å². The first-order chi connectivity index (χ1) is 8.35. The monoisotopic (exact) mass is 254 g/mol. The zero-order valence-electron chi connectivity index (χ0n) is 12.0. The summed E-state index contributed by atoms with van der Waals surface area (Å²) in [5.41, 5.74) is 6.44. The van der Waals surface area contributed by atoms with Crippen LogP contribution < -0.4 is 0 Å². The molecule has 0 unspecified atom stereocenters. The maximum Gasteiger partial charge on any atom is 0.0687 e. The third-order valence-electron chi connectivity index (χ3n) is 3.05. The van der Waals surface area contributed by atoms with Crippen molar-refractivity contribution in [3.05, 3.63) is 52.7 Å². The van der Waals surface area contributed by atoms with Crippen LogP contribution in [0.2, 0.25) is 19.6 Å². The third-order valence-corrected chi connectivity index (χ3v) is 4.22. The second-order valence-corrected chi connectivity index (χ2v) is 11.3. The minimum Gasteiger partial charge on any atom is -0.0944 e. The van der Waals surface area contributed by atoms with Gasteiger partial charge in [-0.2, -0.15) is 0 Å². The highest BCUT2D eigenvalue weighted by Crippen LogP contribution is 2.24.